The largest absolute Gasteiger partial charge is 0.330 e. The summed E-state index contributed by atoms with van der Waals surface area (Å²) < 4.78 is 0. The van der Waals surface area contributed by atoms with Gasteiger partial charge in [-0.3, -0.25) is 4.79 Å². The van der Waals surface area contributed by atoms with Crippen LogP contribution in [0.4, 0.5) is 0 Å². The van der Waals surface area contributed by atoms with Gasteiger partial charge in [-0.2, -0.15) is 0 Å². The van der Waals surface area contributed by atoms with Crippen molar-refractivity contribution in [2.24, 2.45) is 5.73 Å². The van der Waals surface area contributed by atoms with Crippen LogP contribution in [-0.4, -0.2) is 16.5 Å². The van der Waals surface area contributed by atoms with Crippen LogP contribution >= 0.6 is 0 Å². The minimum absolute atomic E-state index is 0.0737. The number of H-pyrrole nitrogens is 1. The van der Waals surface area contributed by atoms with E-state index in [-0.39, 0.29) is 11.0 Å². The average Bonchev–Trinajstić information content (AvgIpc) is 2.07. The highest BCUT2D eigenvalue weighted by Crippen LogP contribution is 2.21. The number of aromatic nitrogens is 2. The fourth-order valence-electron chi connectivity index (χ4n) is 1.45. The molecule has 0 aliphatic heterocycles. The van der Waals surface area contributed by atoms with E-state index in [0.29, 0.717) is 18.5 Å². The molecule has 0 unspecified atom stereocenters. The predicted molar refractivity (Wildman–Crippen MR) is 56.3 cm³/mol. The van der Waals surface area contributed by atoms with E-state index in [9.17, 15) is 4.79 Å². The van der Waals surface area contributed by atoms with Gasteiger partial charge in [-0.05, 0) is 13.0 Å². The molecule has 4 heteroatoms. The summed E-state index contributed by atoms with van der Waals surface area (Å²) in [6.07, 6.45) is 2.03. The topological polar surface area (TPSA) is 71.8 Å². The molecule has 1 heterocycles. The fourth-order valence-corrected chi connectivity index (χ4v) is 1.45. The van der Waals surface area contributed by atoms with Crippen LogP contribution in [0.2, 0.25) is 0 Å². The Morgan fingerprint density at radius 2 is 2.14 bits per heavy atom. The molecule has 0 radical (unpaired) electrons. The van der Waals surface area contributed by atoms with Crippen molar-refractivity contribution in [3.63, 3.8) is 0 Å². The second kappa shape index (κ2) is 3.92. The Morgan fingerprint density at radius 3 is 2.64 bits per heavy atom. The Bertz CT molecular complexity index is 362. The number of hydrogen-bond acceptors (Lipinski definition) is 3. The van der Waals surface area contributed by atoms with E-state index in [0.717, 1.165) is 5.69 Å². The SMILES string of the molecule is CC(C)(C)c1nc[nH]c(=O)c1CCN. The van der Waals surface area contributed by atoms with Crippen LogP contribution in [0.1, 0.15) is 32.0 Å². The highest BCUT2D eigenvalue weighted by molar-refractivity contribution is 5.23. The summed E-state index contributed by atoms with van der Waals surface area (Å²) in [5.74, 6) is 0. The molecule has 3 N–H and O–H groups in total. The van der Waals surface area contributed by atoms with Gasteiger partial charge in [0.2, 0.25) is 0 Å². The summed E-state index contributed by atoms with van der Waals surface area (Å²) in [6, 6.07) is 0. The minimum atomic E-state index is -0.112. The molecule has 78 valence electrons. The molecular formula is C10H17N3O. The maximum absolute atomic E-state index is 11.5. The van der Waals surface area contributed by atoms with Crippen LogP contribution in [-0.2, 0) is 11.8 Å². The zero-order valence-corrected chi connectivity index (χ0v) is 8.92. The molecule has 0 atom stereocenters. The summed E-state index contributed by atoms with van der Waals surface area (Å²) in [5, 5.41) is 0. The normalized spacial score (nSPS) is 11.7. The van der Waals surface area contributed by atoms with Gasteiger partial charge < -0.3 is 10.7 Å². The molecule has 0 spiro atoms. The fraction of sp³-hybridized carbons (Fsp3) is 0.600. The Morgan fingerprint density at radius 1 is 1.50 bits per heavy atom. The maximum Gasteiger partial charge on any atom is 0.254 e. The number of hydrogen-bond donors (Lipinski definition) is 2. The summed E-state index contributed by atoms with van der Waals surface area (Å²) in [7, 11) is 0. The van der Waals surface area contributed by atoms with E-state index in [1.165, 1.54) is 6.33 Å². The number of nitrogens with one attached hydrogen (secondary N) is 1. The van der Waals surface area contributed by atoms with Crippen molar-refractivity contribution in [3.8, 4) is 0 Å². The van der Waals surface area contributed by atoms with Gasteiger partial charge in [0.15, 0.2) is 0 Å². The quantitative estimate of drug-likeness (QED) is 0.724. The summed E-state index contributed by atoms with van der Waals surface area (Å²) in [5.41, 5.74) is 6.83. The predicted octanol–water partition coefficient (Wildman–Crippen LogP) is 0.569. The third-order valence-corrected chi connectivity index (χ3v) is 2.05. The van der Waals surface area contributed by atoms with Crippen LogP contribution in [0.15, 0.2) is 11.1 Å². The highest BCUT2D eigenvalue weighted by atomic mass is 16.1. The molecule has 1 rings (SSSR count). The molecule has 1 aromatic rings. The lowest BCUT2D eigenvalue weighted by molar-refractivity contribution is 0.555. The van der Waals surface area contributed by atoms with Gasteiger partial charge in [-0.25, -0.2) is 4.98 Å². The second-order valence-corrected chi connectivity index (χ2v) is 4.35. The van der Waals surface area contributed by atoms with Crippen molar-refractivity contribution >= 4 is 0 Å². The van der Waals surface area contributed by atoms with Gasteiger partial charge in [0.1, 0.15) is 0 Å². The Balaban J connectivity index is 3.29. The van der Waals surface area contributed by atoms with Crippen LogP contribution in [0.3, 0.4) is 0 Å². The monoisotopic (exact) mass is 195 g/mol. The molecule has 4 nitrogen and oxygen atoms in total. The second-order valence-electron chi connectivity index (χ2n) is 4.35. The molecular weight excluding hydrogens is 178 g/mol. The van der Waals surface area contributed by atoms with Crippen molar-refractivity contribution in [2.75, 3.05) is 6.54 Å². The van der Waals surface area contributed by atoms with Gasteiger partial charge in [0.25, 0.3) is 5.56 Å². The van der Waals surface area contributed by atoms with Gasteiger partial charge in [-0.1, -0.05) is 20.8 Å². The van der Waals surface area contributed by atoms with E-state index in [2.05, 4.69) is 9.97 Å². The molecule has 0 aliphatic rings. The van der Waals surface area contributed by atoms with Crippen LogP contribution in [0, 0.1) is 0 Å². The first kappa shape index (κ1) is 10.9. The molecule has 1 aromatic heterocycles. The van der Waals surface area contributed by atoms with E-state index in [4.69, 9.17) is 5.73 Å². The molecule has 0 aromatic carbocycles. The van der Waals surface area contributed by atoms with Gasteiger partial charge >= 0.3 is 0 Å². The minimum Gasteiger partial charge on any atom is -0.330 e. The lowest BCUT2D eigenvalue weighted by atomic mass is 9.88. The Kier molecular flexibility index (Phi) is 3.06. The first-order valence-electron chi connectivity index (χ1n) is 4.74. The highest BCUT2D eigenvalue weighted by Gasteiger charge is 2.20. The number of aromatic amines is 1. The first-order valence-corrected chi connectivity index (χ1v) is 4.74. The van der Waals surface area contributed by atoms with Crippen LogP contribution < -0.4 is 11.3 Å². The first-order chi connectivity index (χ1) is 6.46. The molecule has 0 fully saturated rings. The molecule has 0 bridgehead atoms. The van der Waals surface area contributed by atoms with Crippen molar-refractivity contribution in [1.29, 1.82) is 0 Å². The van der Waals surface area contributed by atoms with Crippen molar-refractivity contribution in [1.82, 2.24) is 9.97 Å². The van der Waals surface area contributed by atoms with E-state index in [1.54, 1.807) is 0 Å². The lowest BCUT2D eigenvalue weighted by Crippen LogP contribution is -2.26. The molecule has 0 aliphatic carbocycles. The zero-order chi connectivity index (χ0) is 10.8. The number of rotatable bonds is 2. The zero-order valence-electron chi connectivity index (χ0n) is 8.92. The molecule has 0 amide bonds. The van der Waals surface area contributed by atoms with E-state index in [1.807, 2.05) is 20.8 Å². The number of nitrogens with zero attached hydrogens (tertiary/aromatic N) is 1. The van der Waals surface area contributed by atoms with Crippen LogP contribution in [0.5, 0.6) is 0 Å². The summed E-state index contributed by atoms with van der Waals surface area (Å²) in [4.78, 5) is 18.3. The average molecular weight is 195 g/mol. The lowest BCUT2D eigenvalue weighted by Gasteiger charge is -2.20. The van der Waals surface area contributed by atoms with Gasteiger partial charge in [0.05, 0.1) is 12.0 Å². The van der Waals surface area contributed by atoms with Crippen molar-refractivity contribution < 1.29 is 0 Å². The summed E-state index contributed by atoms with van der Waals surface area (Å²) in [6.45, 7) is 6.58. The van der Waals surface area contributed by atoms with Crippen molar-refractivity contribution in [2.45, 2.75) is 32.6 Å². The van der Waals surface area contributed by atoms with E-state index >= 15 is 0 Å². The molecule has 0 saturated carbocycles. The maximum atomic E-state index is 11.5. The third-order valence-electron chi connectivity index (χ3n) is 2.05. The smallest absolute Gasteiger partial charge is 0.254 e. The Hall–Kier alpha value is -1.16. The standard InChI is InChI=1S/C10H17N3O/c1-10(2,3)8-7(4-5-11)9(14)13-6-12-8/h6H,4-5,11H2,1-3H3,(H,12,13,14). The van der Waals surface area contributed by atoms with Gasteiger partial charge in [-0.15, -0.1) is 0 Å². The molecule has 14 heavy (non-hydrogen) atoms. The van der Waals surface area contributed by atoms with Crippen molar-refractivity contribution in [3.05, 3.63) is 27.9 Å². The molecule has 0 saturated heterocycles. The Labute approximate surface area is 83.6 Å². The van der Waals surface area contributed by atoms with Crippen LogP contribution in [0.25, 0.3) is 0 Å². The van der Waals surface area contributed by atoms with Gasteiger partial charge in [0, 0.05) is 11.0 Å². The van der Waals surface area contributed by atoms with E-state index < -0.39 is 0 Å². The third kappa shape index (κ3) is 2.20. The number of nitrogens with two attached hydrogens (primary N) is 1. The summed E-state index contributed by atoms with van der Waals surface area (Å²) >= 11 is 0.